The van der Waals surface area contributed by atoms with Gasteiger partial charge in [0.2, 0.25) is 0 Å². The van der Waals surface area contributed by atoms with Crippen LogP contribution in [-0.2, 0) is 27.1 Å². The molecule has 0 unspecified atom stereocenters. The molecule has 0 heterocycles. The highest BCUT2D eigenvalue weighted by molar-refractivity contribution is 5.99. The lowest BCUT2D eigenvalue weighted by Gasteiger charge is -2.61. The van der Waals surface area contributed by atoms with Gasteiger partial charge in [0.05, 0.1) is 11.1 Å². The van der Waals surface area contributed by atoms with E-state index in [0.29, 0.717) is 11.8 Å². The van der Waals surface area contributed by atoms with Gasteiger partial charge in [-0.25, -0.2) is 0 Å². The molecule has 0 saturated heterocycles. The molecule has 4 saturated carbocycles. The summed E-state index contributed by atoms with van der Waals surface area (Å²) in [6.45, 7) is 19.1. The second-order valence-corrected chi connectivity index (χ2v) is 27.2. The summed E-state index contributed by atoms with van der Waals surface area (Å²) in [7, 11) is 0. The van der Waals surface area contributed by atoms with Crippen LogP contribution in [0.2, 0.25) is 0 Å². The van der Waals surface area contributed by atoms with Gasteiger partial charge in [-0.3, -0.25) is 0 Å². The van der Waals surface area contributed by atoms with Crippen LogP contribution in [0, 0.1) is 23.7 Å². The van der Waals surface area contributed by atoms with Gasteiger partial charge in [-0.2, -0.15) is 0 Å². The minimum absolute atomic E-state index is 0.0275. The molecule has 0 aromatic heterocycles. The Hall–Kier alpha value is -7.22. The predicted octanol–water partition coefficient (Wildman–Crippen LogP) is 19.8. The van der Waals surface area contributed by atoms with Gasteiger partial charge in [-0.1, -0.05) is 213 Å². The van der Waals surface area contributed by atoms with Crippen LogP contribution >= 0.6 is 0 Å². The highest BCUT2D eigenvalue weighted by Crippen LogP contribution is 2.70. The first-order valence-corrected chi connectivity index (χ1v) is 29.1. The van der Waals surface area contributed by atoms with Crippen LogP contribution in [0.15, 0.2) is 188 Å². The summed E-state index contributed by atoms with van der Waals surface area (Å²) in [6.07, 6.45) is 6.89. The maximum Gasteiger partial charge on any atom is 0.0726 e. The summed E-state index contributed by atoms with van der Waals surface area (Å²) < 4.78 is 0. The largest absolute Gasteiger partial charge is 0.310 e. The van der Waals surface area contributed by atoms with Gasteiger partial charge < -0.3 is 4.90 Å². The number of nitrogens with zero attached hydrogens (tertiary/aromatic N) is 1. The molecule has 1 heteroatoms. The summed E-state index contributed by atoms with van der Waals surface area (Å²) in [5, 5.41) is 0. The van der Waals surface area contributed by atoms with E-state index in [4.69, 9.17) is 0 Å². The molecule has 4 fully saturated rings. The Balaban J connectivity index is 0.983. The maximum absolute atomic E-state index is 2.71. The minimum Gasteiger partial charge on any atom is -0.310 e. The lowest BCUT2D eigenvalue weighted by molar-refractivity contribution is -0.0399. The number of anilines is 3. The number of hydrogen-bond donors (Lipinski definition) is 0. The lowest BCUT2D eigenvalue weighted by Crippen LogP contribution is -2.55. The molecule has 0 aliphatic heterocycles. The van der Waals surface area contributed by atoms with Crippen LogP contribution in [0.4, 0.5) is 17.1 Å². The molecule has 8 aliphatic rings. The van der Waals surface area contributed by atoms with Crippen LogP contribution in [-0.4, -0.2) is 0 Å². The molecule has 1 nitrogen and oxygen atoms in total. The zero-order valence-corrected chi connectivity index (χ0v) is 46.2. The zero-order chi connectivity index (χ0) is 52.1. The van der Waals surface area contributed by atoms with Gasteiger partial charge in [0.15, 0.2) is 0 Å². The summed E-state index contributed by atoms with van der Waals surface area (Å²) >= 11 is 0. The van der Waals surface area contributed by atoms with Crippen molar-refractivity contribution in [3.05, 3.63) is 244 Å². The fourth-order valence-corrected chi connectivity index (χ4v) is 17.9. The van der Waals surface area contributed by atoms with E-state index in [-0.39, 0.29) is 21.7 Å². The summed E-state index contributed by atoms with van der Waals surface area (Å²) in [5.74, 6) is 3.09. The Labute approximate surface area is 457 Å². The van der Waals surface area contributed by atoms with E-state index in [1.807, 2.05) is 0 Å². The van der Waals surface area contributed by atoms with Crippen molar-refractivity contribution in [3.8, 4) is 55.6 Å². The summed E-state index contributed by atoms with van der Waals surface area (Å²) in [5.41, 5.74) is 30.8. The second-order valence-electron chi connectivity index (χ2n) is 27.2. The van der Waals surface area contributed by atoms with Gasteiger partial charge in [-0.05, 0) is 203 Å². The first-order chi connectivity index (χ1) is 37.2. The highest BCUT2D eigenvalue weighted by atomic mass is 15.1. The fraction of sp³-hybridized carbons (Fsp3) is 0.289. The van der Waals surface area contributed by atoms with E-state index in [9.17, 15) is 0 Å². The molecule has 2 spiro atoms. The molecule has 0 amide bonds. The average molecular weight is 996 g/mol. The lowest BCUT2D eigenvalue weighted by atomic mass is 9.43. The third-order valence-corrected chi connectivity index (χ3v) is 21.0. The van der Waals surface area contributed by atoms with Crippen LogP contribution in [0.25, 0.3) is 55.6 Å². The molecule has 378 valence electrons. The van der Waals surface area contributed by atoms with Gasteiger partial charge in [0.1, 0.15) is 0 Å². The average Bonchev–Trinajstić information content (AvgIpc) is 4.30. The summed E-state index contributed by atoms with van der Waals surface area (Å²) in [4.78, 5) is 2.70. The molecule has 8 aliphatic carbocycles. The molecule has 0 atom stereocenters. The number of rotatable bonds is 4. The molecule has 77 heavy (non-hydrogen) atoms. The predicted molar refractivity (Wildman–Crippen MR) is 321 cm³/mol. The van der Waals surface area contributed by atoms with E-state index >= 15 is 0 Å². The van der Waals surface area contributed by atoms with Gasteiger partial charge >= 0.3 is 0 Å². The van der Waals surface area contributed by atoms with E-state index in [1.165, 1.54) is 149 Å². The molecule has 9 aromatic rings. The van der Waals surface area contributed by atoms with Crippen molar-refractivity contribution in [3.63, 3.8) is 0 Å². The topological polar surface area (TPSA) is 3.24 Å². The number of hydrogen-bond acceptors (Lipinski definition) is 1. The molecule has 0 N–H and O–H groups in total. The Morgan fingerprint density at radius 2 is 0.753 bits per heavy atom. The Bertz CT molecular complexity index is 3920. The molecule has 4 bridgehead atoms. The first-order valence-electron chi connectivity index (χ1n) is 29.1. The van der Waals surface area contributed by atoms with Crippen LogP contribution in [0.1, 0.15) is 143 Å². The normalized spacial score (nSPS) is 22.5. The van der Waals surface area contributed by atoms with Gasteiger partial charge in [-0.15, -0.1) is 0 Å². The van der Waals surface area contributed by atoms with Crippen molar-refractivity contribution in [1.29, 1.82) is 0 Å². The van der Waals surface area contributed by atoms with Crippen molar-refractivity contribution < 1.29 is 0 Å². The van der Waals surface area contributed by atoms with E-state index in [0.717, 1.165) is 11.8 Å². The smallest absolute Gasteiger partial charge is 0.0726 e. The van der Waals surface area contributed by atoms with Crippen molar-refractivity contribution in [1.82, 2.24) is 0 Å². The Morgan fingerprint density at radius 3 is 1.32 bits per heavy atom. The SMILES string of the molecule is CC(C)(C)c1ccc2c(c1)C1(c3ccccc3-c3ccc(N(c4ccc5c(c4)C4(c6ccccc6-5)C5CC6CC(C5)CC4C6)c4ccccc4-c4cccc5c4C(C)(C)c4ccccc4-5)cc31)c1cc(C(C)(C)C)ccc1-2. The molecule has 17 rings (SSSR count). The Morgan fingerprint density at radius 1 is 0.351 bits per heavy atom. The van der Waals surface area contributed by atoms with E-state index < -0.39 is 5.41 Å². The van der Waals surface area contributed by atoms with Crippen molar-refractivity contribution in [2.24, 2.45) is 23.7 Å². The van der Waals surface area contributed by atoms with Crippen molar-refractivity contribution in [2.75, 3.05) is 4.90 Å². The van der Waals surface area contributed by atoms with Crippen LogP contribution < -0.4 is 4.90 Å². The number of fused-ring (bicyclic) bond motifs is 16. The van der Waals surface area contributed by atoms with E-state index in [2.05, 4.69) is 248 Å². The number of benzene rings is 9. The number of para-hydroxylation sites is 1. The molecular weight excluding hydrogens is 927 g/mol. The van der Waals surface area contributed by atoms with Crippen molar-refractivity contribution >= 4 is 17.1 Å². The third-order valence-electron chi connectivity index (χ3n) is 21.0. The summed E-state index contributed by atoms with van der Waals surface area (Å²) in [6, 6.07) is 74.8. The van der Waals surface area contributed by atoms with Crippen LogP contribution in [0.5, 0.6) is 0 Å². The first kappa shape index (κ1) is 45.9. The standard InChI is InChI=1S/C76H69N/c1-72(2,3)47-28-32-56-57-33-29-48(73(4,5)6)42-67(57)76(66(56)41-47)65-26-15-11-19-54(65)59-35-31-52(44-69(59)76)77(70-27-16-12-21-60(70)62-23-17-22-61-55-20-9-13-24-63(55)74(7,8)71(61)62)51-30-34-58-53-18-10-14-25-64(53)75(68(58)43-51)49-37-45-36-46(39-49)40-50(75)38-45/h9-35,41-46,49-50H,36-40H2,1-8H3. The minimum atomic E-state index is -0.527. The zero-order valence-electron chi connectivity index (χ0n) is 46.2. The molecule has 9 aromatic carbocycles. The molecule has 0 radical (unpaired) electrons. The van der Waals surface area contributed by atoms with Crippen molar-refractivity contribution in [2.45, 2.75) is 115 Å². The fourth-order valence-electron chi connectivity index (χ4n) is 17.9. The maximum atomic E-state index is 2.71. The third kappa shape index (κ3) is 5.96. The highest BCUT2D eigenvalue weighted by Gasteiger charge is 2.62. The van der Waals surface area contributed by atoms with Crippen LogP contribution in [0.3, 0.4) is 0 Å². The Kier molecular flexibility index (Phi) is 9.25. The molecular formula is C76H69N. The quantitative estimate of drug-likeness (QED) is 0.170. The van der Waals surface area contributed by atoms with E-state index in [1.54, 1.807) is 11.1 Å². The monoisotopic (exact) mass is 996 g/mol. The van der Waals surface area contributed by atoms with Gasteiger partial charge in [0, 0.05) is 27.8 Å². The second kappa shape index (κ2) is 15.5. The van der Waals surface area contributed by atoms with Gasteiger partial charge in [0.25, 0.3) is 0 Å².